The van der Waals surface area contributed by atoms with Gasteiger partial charge in [0.1, 0.15) is 61.0 Å². The Morgan fingerprint density at radius 2 is 0.889 bits per heavy atom. The first-order valence-electron chi connectivity index (χ1n) is 22.3. The SMILES string of the molecule is CCCCC12OC3C(O)C(O1)C(O[C@@H]1O[C@H](COCc4ccccc4)[C@@H](OCc4ccccc4)[C@H](OCc4ccccc4)[C@@H]1OCc1ccccc1)C(O2)C3OCc1ccccc1. The molecule has 4 aliphatic heterocycles. The van der Waals surface area contributed by atoms with Crippen LogP contribution in [0.3, 0.4) is 0 Å². The summed E-state index contributed by atoms with van der Waals surface area (Å²) in [7, 11) is 0. The third-order valence-electron chi connectivity index (χ3n) is 12.2. The molecule has 63 heavy (non-hydrogen) atoms. The van der Waals surface area contributed by atoms with Gasteiger partial charge in [0.25, 0.3) is 5.97 Å². The second-order valence-electron chi connectivity index (χ2n) is 16.7. The highest BCUT2D eigenvalue weighted by Gasteiger charge is 2.68. The van der Waals surface area contributed by atoms with Crippen molar-refractivity contribution in [3.8, 4) is 0 Å². The molecule has 1 N–H and O–H groups in total. The van der Waals surface area contributed by atoms with Gasteiger partial charge in [-0.3, -0.25) is 0 Å². The predicted octanol–water partition coefficient (Wildman–Crippen LogP) is 8.06. The minimum Gasteiger partial charge on any atom is -0.387 e. The molecule has 0 amide bonds. The lowest BCUT2D eigenvalue weighted by molar-refractivity contribution is -0.547. The topological polar surface area (TPSA) is 113 Å². The molecule has 12 atom stereocenters. The Balaban J connectivity index is 1.06. The molecule has 5 aliphatic rings. The van der Waals surface area contributed by atoms with Gasteiger partial charge in [0.15, 0.2) is 6.29 Å². The van der Waals surface area contributed by atoms with Gasteiger partial charge in [0.2, 0.25) is 0 Å². The molecule has 1 aliphatic carbocycles. The molecule has 4 saturated heterocycles. The molecule has 5 fully saturated rings. The van der Waals surface area contributed by atoms with Gasteiger partial charge in [-0.2, -0.15) is 0 Å². The molecule has 4 heterocycles. The molecule has 4 bridgehead atoms. The van der Waals surface area contributed by atoms with Crippen molar-refractivity contribution < 1.29 is 52.5 Å². The summed E-state index contributed by atoms with van der Waals surface area (Å²) < 4.78 is 67.9. The number of hydrogen-bond acceptors (Lipinski definition) is 11. The van der Waals surface area contributed by atoms with Crippen molar-refractivity contribution in [1.82, 2.24) is 0 Å². The molecule has 0 radical (unpaired) electrons. The summed E-state index contributed by atoms with van der Waals surface area (Å²) in [5.74, 6) is -1.33. The zero-order valence-corrected chi connectivity index (χ0v) is 35.7. The standard InChI is InChI=1S/C52H58O11/c1-2-3-29-52-61-44-42(53)45(62-52)48(49(63-52)47(44)57-33-39-25-15-7-16-26-39)60-51-50(58-34-40-27-17-8-18-28-40)46(56-32-38-23-13-6-14-24-38)43(55-31-37-21-11-5-12-22-37)41(59-51)35-54-30-36-19-9-4-10-20-36/h4-28,41-51,53H,2-3,29-35H2,1H3/t41-,42?,43-,44?,45?,46+,47?,48?,49?,50+,51+,52?/m1/s1. The van der Waals surface area contributed by atoms with Crippen LogP contribution in [-0.4, -0.2) is 85.0 Å². The van der Waals surface area contributed by atoms with Gasteiger partial charge in [-0.1, -0.05) is 165 Å². The summed E-state index contributed by atoms with van der Waals surface area (Å²) >= 11 is 0. The van der Waals surface area contributed by atoms with Crippen molar-refractivity contribution in [3.05, 3.63) is 179 Å². The Morgan fingerprint density at radius 1 is 0.476 bits per heavy atom. The largest absolute Gasteiger partial charge is 0.387 e. The van der Waals surface area contributed by atoms with Crippen molar-refractivity contribution in [3.63, 3.8) is 0 Å². The Labute approximate surface area is 370 Å². The molecular weight excluding hydrogens is 801 g/mol. The summed E-state index contributed by atoms with van der Waals surface area (Å²) in [6.45, 7) is 3.75. The number of rotatable bonds is 21. The first kappa shape index (κ1) is 43.9. The number of hydrogen-bond donors (Lipinski definition) is 1. The van der Waals surface area contributed by atoms with Gasteiger partial charge in [-0.15, -0.1) is 0 Å². The first-order valence-corrected chi connectivity index (χ1v) is 22.3. The zero-order chi connectivity index (χ0) is 42.9. The van der Waals surface area contributed by atoms with E-state index in [0.29, 0.717) is 19.6 Å². The zero-order valence-electron chi connectivity index (χ0n) is 35.7. The van der Waals surface area contributed by atoms with E-state index in [9.17, 15) is 5.11 Å². The maximum Gasteiger partial charge on any atom is 0.284 e. The van der Waals surface area contributed by atoms with Crippen LogP contribution < -0.4 is 0 Å². The van der Waals surface area contributed by atoms with Crippen LogP contribution >= 0.6 is 0 Å². The van der Waals surface area contributed by atoms with Gasteiger partial charge < -0.3 is 52.5 Å². The lowest BCUT2D eigenvalue weighted by atomic mass is 9.81. The highest BCUT2D eigenvalue weighted by atomic mass is 16.9. The van der Waals surface area contributed by atoms with Crippen molar-refractivity contribution in [2.75, 3.05) is 6.61 Å². The second-order valence-corrected chi connectivity index (χ2v) is 16.7. The van der Waals surface area contributed by atoms with E-state index in [1.807, 2.05) is 152 Å². The maximum atomic E-state index is 12.0. The minimum absolute atomic E-state index is 0.164. The fraction of sp³-hybridized carbons (Fsp3) is 0.423. The highest BCUT2D eigenvalue weighted by Crippen LogP contribution is 2.50. The lowest BCUT2D eigenvalue weighted by Gasteiger charge is -2.62. The fourth-order valence-corrected chi connectivity index (χ4v) is 8.94. The summed E-state index contributed by atoms with van der Waals surface area (Å²) in [4.78, 5) is 0. The third kappa shape index (κ3) is 10.6. The Kier molecular flexibility index (Phi) is 14.7. The minimum atomic E-state index is -1.33. The molecule has 332 valence electrons. The third-order valence-corrected chi connectivity index (χ3v) is 12.2. The molecule has 7 unspecified atom stereocenters. The van der Waals surface area contributed by atoms with Gasteiger partial charge in [-0.25, -0.2) is 0 Å². The average Bonchev–Trinajstić information content (AvgIpc) is 3.33. The first-order chi connectivity index (χ1) is 31.1. The number of aliphatic hydroxyl groups excluding tert-OH is 1. The predicted molar refractivity (Wildman–Crippen MR) is 233 cm³/mol. The Bertz CT molecular complexity index is 2100. The quantitative estimate of drug-likeness (QED) is 0.0774. The number of benzene rings is 5. The normalized spacial score (nSPS) is 31.0. The number of aliphatic hydroxyl groups is 1. The van der Waals surface area contributed by atoms with Crippen LogP contribution in [0.5, 0.6) is 0 Å². The van der Waals surface area contributed by atoms with E-state index in [4.69, 9.17) is 47.4 Å². The second kappa shape index (κ2) is 21.1. The highest BCUT2D eigenvalue weighted by molar-refractivity contribution is 5.18. The van der Waals surface area contributed by atoms with Crippen molar-refractivity contribution >= 4 is 0 Å². The van der Waals surface area contributed by atoms with Gasteiger partial charge in [-0.05, 0) is 34.2 Å². The average molecular weight is 859 g/mol. The van der Waals surface area contributed by atoms with E-state index in [2.05, 4.69) is 6.92 Å². The summed E-state index contributed by atoms with van der Waals surface area (Å²) in [5.41, 5.74) is 4.97. The van der Waals surface area contributed by atoms with Crippen LogP contribution in [0.4, 0.5) is 0 Å². The summed E-state index contributed by atoms with van der Waals surface area (Å²) in [6.07, 6.45) is -6.48. The van der Waals surface area contributed by atoms with Crippen molar-refractivity contribution in [2.45, 2.75) is 133 Å². The molecule has 11 nitrogen and oxygen atoms in total. The molecule has 5 aromatic rings. The maximum absolute atomic E-state index is 12.0. The molecule has 0 spiro atoms. The van der Waals surface area contributed by atoms with E-state index in [0.717, 1.165) is 40.7 Å². The van der Waals surface area contributed by atoms with Crippen molar-refractivity contribution in [2.24, 2.45) is 0 Å². The van der Waals surface area contributed by atoms with Gasteiger partial charge >= 0.3 is 0 Å². The molecule has 5 aromatic carbocycles. The van der Waals surface area contributed by atoms with E-state index >= 15 is 0 Å². The Hall–Kier alpha value is -4.34. The number of unbranched alkanes of at least 4 members (excludes halogenated alkanes) is 1. The van der Waals surface area contributed by atoms with Crippen LogP contribution in [0, 0.1) is 0 Å². The lowest BCUT2D eigenvalue weighted by Crippen LogP contribution is -2.80. The van der Waals surface area contributed by atoms with E-state index in [-0.39, 0.29) is 26.4 Å². The van der Waals surface area contributed by atoms with Crippen LogP contribution in [0.2, 0.25) is 0 Å². The number of ether oxygens (including phenoxy) is 10. The van der Waals surface area contributed by atoms with Crippen molar-refractivity contribution in [1.29, 1.82) is 0 Å². The molecule has 11 heteroatoms. The Morgan fingerprint density at radius 3 is 1.38 bits per heavy atom. The molecule has 1 saturated carbocycles. The van der Waals surface area contributed by atoms with Crippen LogP contribution in [0.1, 0.15) is 54.0 Å². The van der Waals surface area contributed by atoms with Crippen LogP contribution in [0.15, 0.2) is 152 Å². The van der Waals surface area contributed by atoms with E-state index in [1.165, 1.54) is 0 Å². The van der Waals surface area contributed by atoms with E-state index < -0.39 is 73.3 Å². The van der Waals surface area contributed by atoms with E-state index in [1.54, 1.807) is 0 Å². The monoisotopic (exact) mass is 858 g/mol. The smallest absolute Gasteiger partial charge is 0.284 e. The van der Waals surface area contributed by atoms with Crippen LogP contribution in [-0.2, 0) is 80.4 Å². The molecule has 10 rings (SSSR count). The molecule has 0 aromatic heterocycles. The van der Waals surface area contributed by atoms with Gasteiger partial charge in [0.05, 0.1) is 39.6 Å². The fourth-order valence-electron chi connectivity index (χ4n) is 8.94. The summed E-state index contributed by atoms with van der Waals surface area (Å²) in [5, 5.41) is 12.0. The summed E-state index contributed by atoms with van der Waals surface area (Å²) in [6, 6.07) is 50.0. The van der Waals surface area contributed by atoms with Gasteiger partial charge in [0, 0.05) is 6.42 Å². The molecular formula is C52H58O11. The van der Waals surface area contributed by atoms with Crippen LogP contribution in [0.25, 0.3) is 0 Å².